The lowest BCUT2D eigenvalue weighted by atomic mass is 9.90. The van der Waals surface area contributed by atoms with Gasteiger partial charge in [0.05, 0.1) is 32.5 Å². The van der Waals surface area contributed by atoms with E-state index >= 15 is 0 Å². The van der Waals surface area contributed by atoms with Crippen LogP contribution in [-0.2, 0) is 11.2 Å². The molecule has 1 fully saturated rings. The second-order valence-electron chi connectivity index (χ2n) is 10.8. The molecule has 6 heteroatoms. The van der Waals surface area contributed by atoms with E-state index in [0.717, 1.165) is 60.7 Å². The highest BCUT2D eigenvalue weighted by molar-refractivity contribution is 6.03. The summed E-state index contributed by atoms with van der Waals surface area (Å²) in [6, 6.07) is 22.6. The molecule has 1 amide bonds. The molecule has 0 N–H and O–H groups in total. The first-order valence-electron chi connectivity index (χ1n) is 13.9. The molecular formula is C33H39N3O3. The van der Waals surface area contributed by atoms with Crippen molar-refractivity contribution in [2.45, 2.75) is 45.6 Å². The molecule has 3 aromatic carbocycles. The summed E-state index contributed by atoms with van der Waals surface area (Å²) < 4.78 is 11.2. The predicted octanol–water partition coefficient (Wildman–Crippen LogP) is 5.95. The van der Waals surface area contributed by atoms with E-state index in [1.165, 1.54) is 16.7 Å². The first-order chi connectivity index (χ1) is 18.9. The van der Waals surface area contributed by atoms with Crippen LogP contribution in [0.1, 0.15) is 53.1 Å². The van der Waals surface area contributed by atoms with Gasteiger partial charge in [0.2, 0.25) is 0 Å². The smallest absolute Gasteiger partial charge is 0.257 e. The van der Waals surface area contributed by atoms with Crippen molar-refractivity contribution in [3.05, 3.63) is 94.5 Å². The highest BCUT2D eigenvalue weighted by Gasteiger charge is 2.36. The fourth-order valence-electron chi connectivity index (χ4n) is 5.74. The zero-order valence-corrected chi connectivity index (χ0v) is 23.5. The molecule has 1 saturated heterocycles. The van der Waals surface area contributed by atoms with Crippen molar-refractivity contribution in [2.75, 3.05) is 33.9 Å². The largest absolute Gasteiger partial charge is 0.497 e. The van der Waals surface area contributed by atoms with Gasteiger partial charge in [0.25, 0.3) is 5.91 Å². The summed E-state index contributed by atoms with van der Waals surface area (Å²) in [7, 11) is 3.32. The SMILES string of the molecule is COc1ccc(OC)c([C@H]2CC(c3ccc(C)c(C)c3)=NN2C(=O)CN2CCC(Cc3ccccc3)CC2)c1. The number of nitrogens with zero attached hydrogens (tertiary/aromatic N) is 3. The van der Waals surface area contributed by atoms with Crippen molar-refractivity contribution in [2.24, 2.45) is 11.0 Å². The number of piperidine rings is 1. The quantitative estimate of drug-likeness (QED) is 0.365. The second-order valence-corrected chi connectivity index (χ2v) is 10.8. The Morgan fingerprint density at radius 2 is 1.69 bits per heavy atom. The van der Waals surface area contributed by atoms with Crippen LogP contribution >= 0.6 is 0 Å². The summed E-state index contributed by atoms with van der Waals surface area (Å²) in [5.41, 5.74) is 6.74. The van der Waals surface area contributed by atoms with Gasteiger partial charge in [-0.15, -0.1) is 0 Å². The Bertz CT molecular complexity index is 1330. The van der Waals surface area contributed by atoms with Crippen molar-refractivity contribution in [3.8, 4) is 11.5 Å². The van der Waals surface area contributed by atoms with Crippen LogP contribution in [-0.4, -0.2) is 55.4 Å². The lowest BCUT2D eigenvalue weighted by molar-refractivity contribution is -0.134. The van der Waals surface area contributed by atoms with E-state index in [1.807, 2.05) is 18.2 Å². The van der Waals surface area contributed by atoms with Crippen LogP contribution in [0.4, 0.5) is 0 Å². The van der Waals surface area contributed by atoms with Gasteiger partial charge in [0.1, 0.15) is 11.5 Å². The Hall–Kier alpha value is -3.64. The minimum Gasteiger partial charge on any atom is -0.497 e. The number of hydrogen-bond donors (Lipinski definition) is 0. The Kier molecular flexibility index (Phi) is 8.32. The third-order valence-corrected chi connectivity index (χ3v) is 8.24. The maximum atomic E-state index is 13.8. The minimum atomic E-state index is -0.255. The van der Waals surface area contributed by atoms with Gasteiger partial charge in [-0.1, -0.05) is 42.5 Å². The topological polar surface area (TPSA) is 54.4 Å². The van der Waals surface area contributed by atoms with Crippen LogP contribution < -0.4 is 9.47 Å². The molecule has 0 aliphatic carbocycles. The van der Waals surface area contributed by atoms with Gasteiger partial charge in [-0.2, -0.15) is 5.10 Å². The molecule has 2 aliphatic heterocycles. The summed E-state index contributed by atoms with van der Waals surface area (Å²) in [5.74, 6) is 2.15. The molecule has 0 spiro atoms. The summed E-state index contributed by atoms with van der Waals surface area (Å²) in [6.45, 7) is 6.44. The molecule has 204 valence electrons. The molecule has 0 unspecified atom stereocenters. The number of hydrogen-bond acceptors (Lipinski definition) is 5. The third-order valence-electron chi connectivity index (χ3n) is 8.24. The number of methoxy groups -OCH3 is 2. The molecule has 3 aromatic rings. The summed E-state index contributed by atoms with van der Waals surface area (Å²) in [6.07, 6.45) is 3.94. The Labute approximate surface area is 232 Å². The Morgan fingerprint density at radius 3 is 2.38 bits per heavy atom. The maximum absolute atomic E-state index is 13.8. The summed E-state index contributed by atoms with van der Waals surface area (Å²) in [5, 5.41) is 6.62. The van der Waals surface area contributed by atoms with Crippen molar-refractivity contribution < 1.29 is 14.3 Å². The van der Waals surface area contributed by atoms with Gasteiger partial charge < -0.3 is 9.47 Å². The number of aryl methyl sites for hydroxylation is 2. The van der Waals surface area contributed by atoms with Crippen LogP contribution in [0.5, 0.6) is 11.5 Å². The molecule has 0 aromatic heterocycles. The monoisotopic (exact) mass is 525 g/mol. The van der Waals surface area contributed by atoms with E-state index in [2.05, 4.69) is 67.3 Å². The number of rotatable bonds is 8. The maximum Gasteiger partial charge on any atom is 0.257 e. The van der Waals surface area contributed by atoms with Crippen LogP contribution in [0, 0.1) is 19.8 Å². The van der Waals surface area contributed by atoms with E-state index in [0.29, 0.717) is 18.9 Å². The molecule has 39 heavy (non-hydrogen) atoms. The zero-order chi connectivity index (χ0) is 27.4. The lowest BCUT2D eigenvalue weighted by Crippen LogP contribution is -2.42. The lowest BCUT2D eigenvalue weighted by Gasteiger charge is -2.33. The molecular weight excluding hydrogens is 486 g/mol. The van der Waals surface area contributed by atoms with E-state index in [1.54, 1.807) is 19.2 Å². The first kappa shape index (κ1) is 26.9. The van der Waals surface area contributed by atoms with Crippen LogP contribution in [0.2, 0.25) is 0 Å². The number of amides is 1. The zero-order valence-electron chi connectivity index (χ0n) is 23.5. The van der Waals surface area contributed by atoms with Crippen molar-refractivity contribution >= 4 is 11.6 Å². The highest BCUT2D eigenvalue weighted by atomic mass is 16.5. The number of hydrazone groups is 1. The van der Waals surface area contributed by atoms with Gasteiger partial charge in [-0.25, -0.2) is 5.01 Å². The normalized spacial score (nSPS) is 18.2. The highest BCUT2D eigenvalue weighted by Crippen LogP contribution is 2.39. The number of benzene rings is 3. The van der Waals surface area contributed by atoms with E-state index in [9.17, 15) is 4.79 Å². The van der Waals surface area contributed by atoms with Gasteiger partial charge in [-0.3, -0.25) is 9.69 Å². The molecule has 2 aliphatic rings. The number of likely N-dealkylation sites (tertiary alicyclic amines) is 1. The van der Waals surface area contributed by atoms with E-state index in [-0.39, 0.29) is 11.9 Å². The molecule has 0 radical (unpaired) electrons. The van der Waals surface area contributed by atoms with Crippen LogP contribution in [0.3, 0.4) is 0 Å². The molecule has 6 nitrogen and oxygen atoms in total. The van der Waals surface area contributed by atoms with E-state index in [4.69, 9.17) is 14.6 Å². The van der Waals surface area contributed by atoms with E-state index < -0.39 is 0 Å². The molecule has 0 saturated carbocycles. The second kappa shape index (κ2) is 12.0. The number of ether oxygens (including phenoxy) is 2. The predicted molar refractivity (Wildman–Crippen MR) is 156 cm³/mol. The third kappa shape index (κ3) is 6.17. The molecule has 5 rings (SSSR count). The molecule has 0 bridgehead atoms. The summed E-state index contributed by atoms with van der Waals surface area (Å²) in [4.78, 5) is 16.1. The fraction of sp³-hybridized carbons (Fsp3) is 0.394. The van der Waals surface area contributed by atoms with Crippen LogP contribution in [0.25, 0.3) is 0 Å². The standard InChI is InChI=1S/C33H39N3O3/c1-23-10-11-27(18-24(23)2)30-21-31(29-20-28(38-3)12-13-32(29)39-4)36(34-30)33(37)22-35-16-14-26(15-17-35)19-25-8-6-5-7-9-25/h5-13,18,20,26,31H,14-17,19,21-22H2,1-4H3/t31-/m1/s1. The van der Waals surface area contributed by atoms with Gasteiger partial charge in [-0.05, 0) is 98.6 Å². The Morgan fingerprint density at radius 1 is 0.923 bits per heavy atom. The van der Waals surface area contributed by atoms with Crippen molar-refractivity contribution in [1.82, 2.24) is 9.91 Å². The average Bonchev–Trinajstić information content (AvgIpc) is 3.41. The Balaban J connectivity index is 1.34. The molecule has 1 atom stereocenters. The average molecular weight is 526 g/mol. The summed E-state index contributed by atoms with van der Waals surface area (Å²) >= 11 is 0. The van der Waals surface area contributed by atoms with Crippen LogP contribution in [0.15, 0.2) is 71.8 Å². The van der Waals surface area contributed by atoms with Gasteiger partial charge >= 0.3 is 0 Å². The fourth-order valence-corrected chi connectivity index (χ4v) is 5.74. The van der Waals surface area contributed by atoms with Gasteiger partial charge in [0, 0.05) is 12.0 Å². The number of carbonyl (C=O) groups is 1. The minimum absolute atomic E-state index is 0.0187. The van der Waals surface area contributed by atoms with Crippen molar-refractivity contribution in [3.63, 3.8) is 0 Å². The first-order valence-corrected chi connectivity index (χ1v) is 13.9. The van der Waals surface area contributed by atoms with Gasteiger partial charge in [0.15, 0.2) is 0 Å². The van der Waals surface area contributed by atoms with Crippen molar-refractivity contribution in [1.29, 1.82) is 0 Å². The number of carbonyl (C=O) groups excluding carboxylic acids is 1. The molecule has 2 heterocycles.